The fraction of sp³-hybridized carbons (Fsp3) is 0.333. The van der Waals surface area contributed by atoms with Gasteiger partial charge in [-0.3, -0.25) is 9.59 Å². The summed E-state index contributed by atoms with van der Waals surface area (Å²) >= 11 is 0. The standard InChI is InChI=1S/C24H23N9O4/c1-11(34)18-19(13-6-14-3-4-15(7-13)32(14)23(35)21-27-10-28-31-21)30-22-16(9-29-33(22)20(18)25)12-2-5-17(24(36)37)26-8-12/h2,5,8-10,13-15H,3-4,6-7,25H2,1H3,(H,36,37)(H,27,28,31)/t13-,14+,15-. The predicted octanol–water partition coefficient (Wildman–Crippen LogP) is 1.94. The van der Waals surface area contributed by atoms with Gasteiger partial charge in [-0.1, -0.05) is 6.07 Å². The molecule has 13 heteroatoms. The molecule has 3 atom stereocenters. The number of carbonyl (C=O) groups is 3. The zero-order valence-corrected chi connectivity index (χ0v) is 19.8. The maximum atomic E-state index is 13.0. The Bertz CT molecular complexity index is 1530. The lowest BCUT2D eigenvalue weighted by Crippen LogP contribution is -2.46. The van der Waals surface area contributed by atoms with E-state index in [2.05, 4.69) is 25.3 Å². The van der Waals surface area contributed by atoms with Crippen LogP contribution in [0.1, 0.15) is 75.7 Å². The van der Waals surface area contributed by atoms with Gasteiger partial charge in [0.25, 0.3) is 5.91 Å². The van der Waals surface area contributed by atoms with Crippen molar-refractivity contribution in [2.24, 2.45) is 0 Å². The molecular formula is C24H23N9O4. The molecule has 2 bridgehead atoms. The van der Waals surface area contributed by atoms with Crippen LogP contribution in [0.15, 0.2) is 30.9 Å². The Morgan fingerprint density at radius 1 is 1.14 bits per heavy atom. The number of rotatable bonds is 5. The second-order valence-electron chi connectivity index (χ2n) is 9.45. The number of nitrogens with one attached hydrogen (secondary N) is 1. The van der Waals surface area contributed by atoms with Crippen molar-refractivity contribution in [1.29, 1.82) is 0 Å². The van der Waals surface area contributed by atoms with Crippen molar-refractivity contribution < 1.29 is 19.5 Å². The highest BCUT2D eigenvalue weighted by Gasteiger charge is 2.45. The third-order valence-electron chi connectivity index (χ3n) is 7.33. The van der Waals surface area contributed by atoms with Gasteiger partial charge in [-0.25, -0.2) is 14.8 Å². The summed E-state index contributed by atoms with van der Waals surface area (Å²) in [6.45, 7) is 1.46. The quantitative estimate of drug-likeness (QED) is 0.341. The summed E-state index contributed by atoms with van der Waals surface area (Å²) in [6, 6.07) is 3.02. The maximum absolute atomic E-state index is 13.0. The van der Waals surface area contributed by atoms with Gasteiger partial charge in [0.2, 0.25) is 5.82 Å². The van der Waals surface area contributed by atoms with E-state index in [9.17, 15) is 14.4 Å². The van der Waals surface area contributed by atoms with Crippen LogP contribution in [0.5, 0.6) is 0 Å². The van der Waals surface area contributed by atoms with Crippen LogP contribution in [0.4, 0.5) is 5.82 Å². The van der Waals surface area contributed by atoms with Crippen molar-refractivity contribution >= 4 is 29.1 Å². The number of nitrogens with two attached hydrogens (primary N) is 1. The van der Waals surface area contributed by atoms with E-state index in [1.54, 1.807) is 12.3 Å². The molecule has 0 saturated carbocycles. The lowest BCUT2D eigenvalue weighted by molar-refractivity contribution is 0.0555. The molecule has 2 aliphatic heterocycles. The molecular weight excluding hydrogens is 478 g/mol. The van der Waals surface area contributed by atoms with Crippen molar-refractivity contribution in [3.8, 4) is 11.1 Å². The average Bonchev–Trinajstić information content (AvgIpc) is 3.62. The number of carboxylic acid groups (broad SMARTS) is 1. The van der Waals surface area contributed by atoms with Crippen LogP contribution in [-0.2, 0) is 0 Å². The Labute approximate surface area is 209 Å². The Morgan fingerprint density at radius 3 is 2.49 bits per heavy atom. The second-order valence-corrected chi connectivity index (χ2v) is 9.45. The number of Topliss-reactive ketones (excluding diaryl/α,β-unsaturated/α-hetero) is 1. The van der Waals surface area contributed by atoms with E-state index >= 15 is 0 Å². The van der Waals surface area contributed by atoms with E-state index < -0.39 is 5.97 Å². The first-order valence-corrected chi connectivity index (χ1v) is 11.9. The number of carbonyl (C=O) groups excluding carboxylic acids is 2. The number of carboxylic acids is 1. The maximum Gasteiger partial charge on any atom is 0.354 e. The van der Waals surface area contributed by atoms with Gasteiger partial charge in [0.1, 0.15) is 17.8 Å². The number of amides is 1. The number of fused-ring (bicyclic) bond motifs is 3. The highest BCUT2D eigenvalue weighted by Crippen LogP contribution is 2.45. The van der Waals surface area contributed by atoms with E-state index in [1.165, 1.54) is 30.0 Å². The normalized spacial score (nSPS) is 20.9. The van der Waals surface area contributed by atoms with Crippen LogP contribution in [0.25, 0.3) is 16.8 Å². The predicted molar refractivity (Wildman–Crippen MR) is 129 cm³/mol. The topological polar surface area (TPSA) is 185 Å². The molecule has 13 nitrogen and oxygen atoms in total. The first-order chi connectivity index (χ1) is 17.8. The van der Waals surface area contributed by atoms with Gasteiger partial charge in [0, 0.05) is 35.3 Å². The molecule has 4 aromatic heterocycles. The number of piperidine rings is 1. The van der Waals surface area contributed by atoms with Crippen LogP contribution in [0.2, 0.25) is 0 Å². The lowest BCUT2D eigenvalue weighted by atomic mass is 9.85. The lowest BCUT2D eigenvalue weighted by Gasteiger charge is -2.38. The highest BCUT2D eigenvalue weighted by atomic mass is 16.4. The molecule has 0 radical (unpaired) electrons. The molecule has 4 aromatic rings. The van der Waals surface area contributed by atoms with Gasteiger partial charge in [-0.15, -0.1) is 10.2 Å². The Balaban J connectivity index is 1.40. The zero-order chi connectivity index (χ0) is 25.8. The van der Waals surface area contributed by atoms with Crippen molar-refractivity contribution in [3.63, 3.8) is 0 Å². The molecule has 188 valence electrons. The van der Waals surface area contributed by atoms with Gasteiger partial charge >= 0.3 is 5.97 Å². The molecule has 4 N–H and O–H groups in total. The molecule has 0 aliphatic carbocycles. The SMILES string of the molecule is CC(=O)c1c([C@H]2C[C@H]3CC[C@@H](C2)N3C(=O)c2nnc[nH]2)nc2c(-c3ccc(C(=O)O)nc3)cnn2c1N. The summed E-state index contributed by atoms with van der Waals surface area (Å²) in [5, 5.41) is 21.1. The summed E-state index contributed by atoms with van der Waals surface area (Å²) in [6.07, 6.45) is 7.39. The Kier molecular flexibility index (Phi) is 5.21. The third kappa shape index (κ3) is 3.61. The number of pyridine rings is 1. The third-order valence-corrected chi connectivity index (χ3v) is 7.33. The van der Waals surface area contributed by atoms with Crippen LogP contribution >= 0.6 is 0 Å². The van der Waals surface area contributed by atoms with Crippen LogP contribution in [-0.4, -0.2) is 74.5 Å². The van der Waals surface area contributed by atoms with Crippen molar-refractivity contribution in [2.45, 2.75) is 50.6 Å². The van der Waals surface area contributed by atoms with Crippen LogP contribution in [0, 0.1) is 0 Å². The van der Waals surface area contributed by atoms with E-state index in [4.69, 9.17) is 15.8 Å². The smallest absolute Gasteiger partial charge is 0.354 e. The summed E-state index contributed by atoms with van der Waals surface area (Å²) in [5.41, 5.74) is 9.02. The molecule has 0 aromatic carbocycles. The van der Waals surface area contributed by atoms with Gasteiger partial charge in [0.15, 0.2) is 11.4 Å². The number of aromatic nitrogens is 7. The van der Waals surface area contributed by atoms with Gasteiger partial charge in [0.05, 0.1) is 17.5 Å². The molecule has 2 fully saturated rings. The minimum Gasteiger partial charge on any atom is -0.477 e. The summed E-state index contributed by atoms with van der Waals surface area (Å²) in [5.74, 6) is -1.17. The highest BCUT2D eigenvalue weighted by molar-refractivity contribution is 6.00. The first kappa shape index (κ1) is 22.8. The molecule has 1 amide bonds. The molecule has 0 spiro atoms. The molecule has 6 rings (SSSR count). The fourth-order valence-electron chi connectivity index (χ4n) is 5.74. The number of aromatic carboxylic acids is 1. The number of anilines is 1. The first-order valence-electron chi connectivity index (χ1n) is 11.9. The number of nitrogen functional groups attached to an aromatic ring is 1. The number of ketones is 1. The molecule has 6 heterocycles. The minimum atomic E-state index is -1.12. The van der Waals surface area contributed by atoms with Crippen LogP contribution < -0.4 is 5.73 Å². The minimum absolute atomic E-state index is 0.0162. The van der Waals surface area contributed by atoms with Gasteiger partial charge in [-0.05, 0) is 38.7 Å². The van der Waals surface area contributed by atoms with E-state index in [0.29, 0.717) is 40.9 Å². The number of hydrogen-bond acceptors (Lipinski definition) is 9. The summed E-state index contributed by atoms with van der Waals surface area (Å²) < 4.78 is 1.43. The Hall–Kier alpha value is -4.68. The van der Waals surface area contributed by atoms with E-state index in [1.807, 2.05) is 4.90 Å². The number of aromatic amines is 1. The molecule has 2 saturated heterocycles. The number of nitrogens with zero attached hydrogens (tertiary/aromatic N) is 7. The van der Waals surface area contributed by atoms with Crippen LogP contribution in [0.3, 0.4) is 0 Å². The molecule has 37 heavy (non-hydrogen) atoms. The van der Waals surface area contributed by atoms with Gasteiger partial charge < -0.3 is 20.7 Å². The number of H-pyrrole nitrogens is 1. The zero-order valence-electron chi connectivity index (χ0n) is 19.8. The molecule has 2 aliphatic rings. The fourth-order valence-corrected chi connectivity index (χ4v) is 5.74. The second kappa shape index (κ2) is 8.47. The van der Waals surface area contributed by atoms with Gasteiger partial charge in [-0.2, -0.15) is 9.61 Å². The van der Waals surface area contributed by atoms with E-state index in [-0.39, 0.29) is 47.0 Å². The molecule has 0 unspecified atom stereocenters. The van der Waals surface area contributed by atoms with E-state index in [0.717, 1.165) is 12.8 Å². The average molecular weight is 502 g/mol. The largest absolute Gasteiger partial charge is 0.477 e. The summed E-state index contributed by atoms with van der Waals surface area (Å²) in [4.78, 5) is 50.6. The Morgan fingerprint density at radius 2 is 1.89 bits per heavy atom. The number of hydrogen-bond donors (Lipinski definition) is 3. The van der Waals surface area contributed by atoms with Crippen molar-refractivity contribution in [3.05, 3.63) is 53.6 Å². The summed E-state index contributed by atoms with van der Waals surface area (Å²) in [7, 11) is 0. The monoisotopic (exact) mass is 501 g/mol. The van der Waals surface area contributed by atoms with Crippen molar-refractivity contribution in [1.82, 2.24) is 39.7 Å². The van der Waals surface area contributed by atoms with Crippen molar-refractivity contribution in [2.75, 3.05) is 5.73 Å².